The van der Waals surface area contributed by atoms with Gasteiger partial charge >= 0.3 is 6.18 Å². The van der Waals surface area contributed by atoms with Crippen molar-refractivity contribution in [1.29, 1.82) is 0 Å². The number of anilines is 1. The topological polar surface area (TPSA) is 81.1 Å². The second-order valence-corrected chi connectivity index (χ2v) is 6.16. The maximum Gasteiger partial charge on any atom is 0.416 e. The molecular weight excluding hydrogens is 363 g/mol. The molecule has 2 aromatic rings. The maximum atomic E-state index is 13.0. The number of benzene rings is 1. The minimum absolute atomic E-state index is 0.0355. The van der Waals surface area contributed by atoms with E-state index >= 15 is 0 Å². The molecule has 0 spiro atoms. The molecule has 0 saturated carbocycles. The van der Waals surface area contributed by atoms with Crippen molar-refractivity contribution in [2.24, 2.45) is 0 Å². The van der Waals surface area contributed by atoms with E-state index in [0.29, 0.717) is 0 Å². The van der Waals surface area contributed by atoms with Crippen molar-refractivity contribution in [1.82, 2.24) is 20.3 Å². The number of carbonyl (C=O) groups is 1. The number of aromatic nitrogens is 3. The average molecular weight is 383 g/mol. The largest absolute Gasteiger partial charge is 0.492 e. The van der Waals surface area contributed by atoms with E-state index < -0.39 is 17.6 Å². The average Bonchev–Trinajstić information content (AvgIpc) is 3.13. The summed E-state index contributed by atoms with van der Waals surface area (Å²) < 4.78 is 45.9. The monoisotopic (exact) mass is 383 g/mol. The predicted octanol–water partition coefficient (Wildman–Crippen LogP) is 2.87. The molecule has 27 heavy (non-hydrogen) atoms. The normalized spacial score (nSPS) is 15.6. The molecule has 1 aliphatic rings. The van der Waals surface area contributed by atoms with Crippen LogP contribution in [0.15, 0.2) is 24.4 Å². The number of nitrogens with zero attached hydrogens (tertiary/aromatic N) is 3. The number of amides is 1. The number of hydrogen-bond donors (Lipinski definition) is 2. The summed E-state index contributed by atoms with van der Waals surface area (Å²) in [6.45, 7) is 3.66. The number of alkyl halides is 3. The van der Waals surface area contributed by atoms with Crippen LogP contribution in [0.3, 0.4) is 0 Å². The Labute approximate surface area is 153 Å². The zero-order valence-corrected chi connectivity index (χ0v) is 14.7. The highest BCUT2D eigenvalue weighted by Gasteiger charge is 2.31. The van der Waals surface area contributed by atoms with Gasteiger partial charge < -0.3 is 15.4 Å². The van der Waals surface area contributed by atoms with Crippen LogP contribution in [0.2, 0.25) is 0 Å². The molecule has 1 aliphatic heterocycles. The Morgan fingerprint density at radius 2 is 2.11 bits per heavy atom. The first-order valence-electron chi connectivity index (χ1n) is 8.66. The molecule has 0 aliphatic carbocycles. The summed E-state index contributed by atoms with van der Waals surface area (Å²) in [5.74, 6) is -0.486. The number of hydrogen-bond acceptors (Lipinski definition) is 5. The molecule has 0 atom stereocenters. The van der Waals surface area contributed by atoms with Crippen LogP contribution >= 0.6 is 0 Å². The van der Waals surface area contributed by atoms with Crippen molar-refractivity contribution in [2.75, 3.05) is 25.0 Å². The minimum Gasteiger partial charge on any atom is -0.492 e. The Balaban J connectivity index is 1.79. The molecule has 10 heteroatoms. The third kappa shape index (κ3) is 4.57. The SMILES string of the molecule is CCOc1ccc(C(F)(F)F)cc1NC(=O)c1cn(C2CCNCC2)nn1. The lowest BCUT2D eigenvalue weighted by Crippen LogP contribution is -2.29. The lowest BCUT2D eigenvalue weighted by Gasteiger charge is -2.22. The first kappa shape index (κ1) is 19.2. The molecule has 7 nitrogen and oxygen atoms in total. The van der Waals surface area contributed by atoms with Crippen molar-refractivity contribution < 1.29 is 22.7 Å². The Bertz CT molecular complexity index is 800. The van der Waals surface area contributed by atoms with Gasteiger partial charge in [0.1, 0.15) is 5.75 Å². The molecule has 1 aromatic carbocycles. The molecule has 0 radical (unpaired) electrons. The first-order chi connectivity index (χ1) is 12.9. The molecule has 3 rings (SSSR count). The van der Waals surface area contributed by atoms with E-state index in [4.69, 9.17) is 4.74 Å². The van der Waals surface area contributed by atoms with Crippen molar-refractivity contribution in [2.45, 2.75) is 32.0 Å². The van der Waals surface area contributed by atoms with E-state index in [0.717, 1.165) is 38.1 Å². The van der Waals surface area contributed by atoms with Gasteiger partial charge in [-0.15, -0.1) is 5.10 Å². The van der Waals surface area contributed by atoms with Crippen LogP contribution in [-0.2, 0) is 6.18 Å². The van der Waals surface area contributed by atoms with Crippen LogP contribution in [0.1, 0.15) is 41.9 Å². The molecular formula is C17H20F3N5O2. The van der Waals surface area contributed by atoms with Gasteiger partial charge in [0.2, 0.25) is 0 Å². The number of rotatable bonds is 5. The molecule has 1 amide bonds. The fourth-order valence-electron chi connectivity index (χ4n) is 2.90. The fourth-order valence-corrected chi connectivity index (χ4v) is 2.90. The third-order valence-electron chi connectivity index (χ3n) is 4.28. The fraction of sp³-hybridized carbons (Fsp3) is 0.471. The number of nitrogens with one attached hydrogen (secondary N) is 2. The standard InChI is InChI=1S/C17H20F3N5O2/c1-2-27-15-4-3-11(17(18,19)20)9-13(15)22-16(26)14-10-25(24-23-14)12-5-7-21-8-6-12/h3-4,9-10,12,21H,2,5-8H2,1H3,(H,22,26). The molecule has 1 saturated heterocycles. The second-order valence-electron chi connectivity index (χ2n) is 6.16. The molecule has 0 unspecified atom stereocenters. The van der Waals surface area contributed by atoms with E-state index in [9.17, 15) is 18.0 Å². The predicted molar refractivity (Wildman–Crippen MR) is 91.7 cm³/mol. The van der Waals surface area contributed by atoms with Crippen molar-refractivity contribution >= 4 is 11.6 Å². The highest BCUT2D eigenvalue weighted by atomic mass is 19.4. The molecule has 1 fully saturated rings. The Kier molecular flexibility index (Phi) is 5.64. The van der Waals surface area contributed by atoms with Crippen LogP contribution < -0.4 is 15.4 Å². The summed E-state index contributed by atoms with van der Waals surface area (Å²) in [6, 6.07) is 3.09. The maximum absolute atomic E-state index is 13.0. The summed E-state index contributed by atoms with van der Waals surface area (Å²) in [5, 5.41) is 13.5. The van der Waals surface area contributed by atoms with E-state index in [-0.39, 0.29) is 29.8 Å². The summed E-state index contributed by atoms with van der Waals surface area (Å²) in [7, 11) is 0. The van der Waals surface area contributed by atoms with Gasteiger partial charge in [0.05, 0.1) is 30.1 Å². The van der Waals surface area contributed by atoms with E-state index in [1.807, 2.05) is 0 Å². The van der Waals surface area contributed by atoms with Crippen LogP contribution in [0.5, 0.6) is 5.75 Å². The summed E-state index contributed by atoms with van der Waals surface area (Å²) in [5.41, 5.74) is -0.902. The number of carbonyl (C=O) groups excluding carboxylic acids is 1. The van der Waals surface area contributed by atoms with Gasteiger partial charge in [-0.25, -0.2) is 4.68 Å². The van der Waals surface area contributed by atoms with Gasteiger partial charge in [-0.3, -0.25) is 4.79 Å². The molecule has 0 bridgehead atoms. The van der Waals surface area contributed by atoms with Gasteiger partial charge in [-0.05, 0) is 51.1 Å². The number of ether oxygens (including phenoxy) is 1. The molecule has 2 N–H and O–H groups in total. The highest BCUT2D eigenvalue weighted by molar-refractivity contribution is 6.03. The van der Waals surface area contributed by atoms with Crippen molar-refractivity contribution in [3.63, 3.8) is 0 Å². The van der Waals surface area contributed by atoms with Crippen molar-refractivity contribution in [3.8, 4) is 5.75 Å². The molecule has 2 heterocycles. The Hall–Kier alpha value is -2.62. The third-order valence-corrected chi connectivity index (χ3v) is 4.28. The summed E-state index contributed by atoms with van der Waals surface area (Å²) in [6.07, 6.45) is -1.28. The van der Waals surface area contributed by atoms with Crippen LogP contribution in [0.25, 0.3) is 0 Å². The number of halogens is 3. The number of piperidine rings is 1. The minimum atomic E-state index is -4.53. The van der Waals surface area contributed by atoms with Gasteiger partial charge in [0, 0.05) is 0 Å². The summed E-state index contributed by atoms with van der Waals surface area (Å²) >= 11 is 0. The van der Waals surface area contributed by atoms with Gasteiger partial charge in [-0.2, -0.15) is 13.2 Å². The van der Waals surface area contributed by atoms with E-state index in [1.54, 1.807) is 11.6 Å². The lowest BCUT2D eigenvalue weighted by molar-refractivity contribution is -0.137. The quantitative estimate of drug-likeness (QED) is 0.830. The molecule has 1 aromatic heterocycles. The molecule has 146 valence electrons. The zero-order valence-electron chi connectivity index (χ0n) is 14.7. The zero-order chi connectivity index (χ0) is 19.4. The smallest absolute Gasteiger partial charge is 0.416 e. The van der Waals surface area contributed by atoms with Gasteiger partial charge in [-0.1, -0.05) is 5.21 Å². The van der Waals surface area contributed by atoms with Crippen LogP contribution in [0, 0.1) is 0 Å². The van der Waals surface area contributed by atoms with Gasteiger partial charge in [0.25, 0.3) is 5.91 Å². The second kappa shape index (κ2) is 7.95. The Morgan fingerprint density at radius 3 is 2.78 bits per heavy atom. The van der Waals surface area contributed by atoms with Gasteiger partial charge in [0.15, 0.2) is 5.69 Å². The van der Waals surface area contributed by atoms with Crippen LogP contribution in [-0.4, -0.2) is 40.6 Å². The highest BCUT2D eigenvalue weighted by Crippen LogP contribution is 2.35. The van der Waals surface area contributed by atoms with E-state index in [2.05, 4.69) is 20.9 Å². The summed E-state index contributed by atoms with van der Waals surface area (Å²) in [4.78, 5) is 12.5. The van der Waals surface area contributed by atoms with Crippen molar-refractivity contribution in [3.05, 3.63) is 35.7 Å². The first-order valence-corrected chi connectivity index (χ1v) is 8.66. The Morgan fingerprint density at radius 1 is 1.37 bits per heavy atom. The lowest BCUT2D eigenvalue weighted by atomic mass is 10.1. The van der Waals surface area contributed by atoms with Crippen LogP contribution in [0.4, 0.5) is 18.9 Å². The van der Waals surface area contributed by atoms with E-state index in [1.165, 1.54) is 12.3 Å².